The first-order valence-corrected chi connectivity index (χ1v) is 7.05. The molecule has 0 bridgehead atoms. The molecule has 0 unspecified atom stereocenters. The fourth-order valence-corrected chi connectivity index (χ4v) is 2.27. The van der Waals surface area contributed by atoms with Gasteiger partial charge in [0.25, 0.3) is 0 Å². The van der Waals surface area contributed by atoms with Gasteiger partial charge < -0.3 is 5.11 Å². The van der Waals surface area contributed by atoms with E-state index in [0.29, 0.717) is 11.1 Å². The normalized spacial score (nSPS) is 11.4. The molecule has 3 nitrogen and oxygen atoms in total. The van der Waals surface area contributed by atoms with E-state index in [4.69, 9.17) is 0 Å². The van der Waals surface area contributed by atoms with Crippen LogP contribution < -0.4 is 0 Å². The van der Waals surface area contributed by atoms with Gasteiger partial charge in [0.05, 0.1) is 4.90 Å². The van der Waals surface area contributed by atoms with Gasteiger partial charge in [0.15, 0.2) is 9.84 Å². The lowest BCUT2D eigenvalue weighted by Crippen LogP contribution is -1.96. The molecule has 0 amide bonds. The summed E-state index contributed by atoms with van der Waals surface area (Å²) in [6.07, 6.45) is 1.12. The molecule has 1 N–H and O–H groups in total. The summed E-state index contributed by atoms with van der Waals surface area (Å²) in [6, 6.07) is 9.75. The highest BCUT2D eigenvalue weighted by Gasteiger charge is 2.07. The average molecular weight is 266 g/mol. The van der Waals surface area contributed by atoms with Crippen LogP contribution >= 0.6 is 0 Å². The molecule has 0 aromatic heterocycles. The Hall–Kier alpha value is -1.88. The summed E-state index contributed by atoms with van der Waals surface area (Å²) in [5, 5.41) is 9.30. The second kappa shape index (κ2) is 4.42. The van der Waals surface area contributed by atoms with Crippen LogP contribution in [0.25, 0.3) is 11.1 Å². The van der Waals surface area contributed by atoms with Gasteiger partial charge in [-0.1, -0.05) is 12.1 Å². The summed E-state index contributed by atoms with van der Waals surface area (Å²) in [6.45, 7) is 0. The Labute approximate surface area is 104 Å². The number of benzene rings is 2. The van der Waals surface area contributed by atoms with Crippen LogP contribution in [0, 0.1) is 5.82 Å². The van der Waals surface area contributed by atoms with Gasteiger partial charge in [-0.25, -0.2) is 12.8 Å². The molecule has 2 aromatic carbocycles. The van der Waals surface area contributed by atoms with E-state index < -0.39 is 15.7 Å². The quantitative estimate of drug-likeness (QED) is 0.909. The summed E-state index contributed by atoms with van der Waals surface area (Å²) in [4.78, 5) is 0.201. The molecule has 0 saturated heterocycles. The molecule has 0 aliphatic carbocycles. The number of aromatic hydroxyl groups is 1. The molecule has 0 heterocycles. The lowest BCUT2D eigenvalue weighted by molar-refractivity contribution is 0.469. The van der Waals surface area contributed by atoms with Crippen LogP contribution in [0.4, 0.5) is 4.39 Å². The van der Waals surface area contributed by atoms with Gasteiger partial charge in [-0.15, -0.1) is 0 Å². The molecule has 0 aliphatic rings. The van der Waals surface area contributed by atoms with Crippen molar-refractivity contribution >= 4 is 9.84 Å². The highest BCUT2D eigenvalue weighted by molar-refractivity contribution is 7.90. The number of hydrogen-bond acceptors (Lipinski definition) is 3. The van der Waals surface area contributed by atoms with Crippen molar-refractivity contribution in [2.24, 2.45) is 0 Å². The van der Waals surface area contributed by atoms with E-state index in [1.54, 1.807) is 12.1 Å². The molecule has 0 atom stereocenters. The van der Waals surface area contributed by atoms with E-state index in [9.17, 15) is 17.9 Å². The maximum Gasteiger partial charge on any atom is 0.175 e. The van der Waals surface area contributed by atoms with Crippen LogP contribution in [0.3, 0.4) is 0 Å². The number of rotatable bonds is 2. The fraction of sp³-hybridized carbons (Fsp3) is 0.0769. The molecule has 2 rings (SSSR count). The van der Waals surface area contributed by atoms with E-state index in [-0.39, 0.29) is 10.6 Å². The Morgan fingerprint density at radius 1 is 1.00 bits per heavy atom. The first-order valence-electron chi connectivity index (χ1n) is 5.16. The van der Waals surface area contributed by atoms with Crippen molar-refractivity contribution < 1.29 is 17.9 Å². The molecule has 0 saturated carbocycles. The molecular weight excluding hydrogens is 255 g/mol. The highest BCUT2D eigenvalue weighted by atomic mass is 32.2. The van der Waals surface area contributed by atoms with E-state index >= 15 is 0 Å². The fourth-order valence-electron chi connectivity index (χ4n) is 1.64. The lowest BCUT2D eigenvalue weighted by atomic mass is 10.1. The monoisotopic (exact) mass is 266 g/mol. The van der Waals surface area contributed by atoms with Crippen LogP contribution in [0.1, 0.15) is 0 Å². The minimum absolute atomic E-state index is 0.169. The third-order valence-electron chi connectivity index (χ3n) is 2.50. The summed E-state index contributed by atoms with van der Waals surface area (Å²) in [5.74, 6) is -0.714. The van der Waals surface area contributed by atoms with Crippen LogP contribution in [0.2, 0.25) is 0 Å². The van der Waals surface area contributed by atoms with E-state index in [1.807, 2.05) is 0 Å². The molecule has 0 radical (unpaired) electrons. The Balaban J connectivity index is 2.46. The molecule has 0 spiro atoms. The first kappa shape index (κ1) is 12.6. The van der Waals surface area contributed by atoms with Crippen LogP contribution in [0.15, 0.2) is 47.4 Å². The topological polar surface area (TPSA) is 54.4 Å². The number of halogens is 1. The summed E-state index contributed by atoms with van der Waals surface area (Å²) >= 11 is 0. The predicted molar refractivity (Wildman–Crippen MR) is 66.6 cm³/mol. The number of sulfone groups is 1. The van der Waals surface area contributed by atoms with Gasteiger partial charge in [-0.05, 0) is 35.4 Å². The van der Waals surface area contributed by atoms with Crippen molar-refractivity contribution in [3.05, 3.63) is 48.3 Å². The summed E-state index contributed by atoms with van der Waals surface area (Å²) < 4.78 is 35.7. The van der Waals surface area contributed by atoms with Crippen molar-refractivity contribution in [1.29, 1.82) is 0 Å². The number of hydrogen-bond donors (Lipinski definition) is 1. The smallest absolute Gasteiger partial charge is 0.175 e. The van der Waals surface area contributed by atoms with Crippen molar-refractivity contribution in [3.63, 3.8) is 0 Å². The second-order valence-electron chi connectivity index (χ2n) is 3.99. The first-order chi connectivity index (χ1) is 8.36. The minimum Gasteiger partial charge on any atom is -0.508 e. The summed E-state index contributed by atoms with van der Waals surface area (Å²) in [7, 11) is -3.24. The maximum absolute atomic E-state index is 13.1. The third-order valence-corrected chi connectivity index (χ3v) is 3.63. The molecular formula is C13H11FO3S. The van der Waals surface area contributed by atoms with Gasteiger partial charge >= 0.3 is 0 Å². The highest BCUT2D eigenvalue weighted by Crippen LogP contribution is 2.25. The Bertz CT molecular complexity index is 656. The minimum atomic E-state index is -3.24. The van der Waals surface area contributed by atoms with Crippen molar-refractivity contribution in [3.8, 4) is 16.9 Å². The predicted octanol–water partition coefficient (Wildman–Crippen LogP) is 2.60. The van der Waals surface area contributed by atoms with E-state index in [1.165, 1.54) is 24.3 Å². The lowest BCUT2D eigenvalue weighted by Gasteiger charge is -2.04. The van der Waals surface area contributed by atoms with Crippen molar-refractivity contribution in [1.82, 2.24) is 0 Å². The average Bonchev–Trinajstić information content (AvgIpc) is 2.27. The van der Waals surface area contributed by atoms with E-state index in [2.05, 4.69) is 0 Å². The Kier molecular flexibility index (Phi) is 3.09. The molecule has 94 valence electrons. The Morgan fingerprint density at radius 3 is 2.11 bits per heavy atom. The van der Waals surface area contributed by atoms with Gasteiger partial charge in [-0.2, -0.15) is 0 Å². The van der Waals surface area contributed by atoms with Gasteiger partial charge in [-0.3, -0.25) is 0 Å². The SMILES string of the molecule is CS(=O)(=O)c1ccc(-c2cc(O)cc(F)c2)cc1. The standard InChI is InChI=1S/C13H11FO3S/c1-18(16,17)13-4-2-9(3-5-13)10-6-11(14)8-12(15)7-10/h2-8,15H,1H3. The summed E-state index contributed by atoms with van der Waals surface area (Å²) in [5.41, 5.74) is 1.13. The van der Waals surface area contributed by atoms with Crippen LogP contribution in [0.5, 0.6) is 5.75 Å². The van der Waals surface area contributed by atoms with Gasteiger partial charge in [0.2, 0.25) is 0 Å². The van der Waals surface area contributed by atoms with Crippen LogP contribution in [-0.4, -0.2) is 19.8 Å². The van der Waals surface area contributed by atoms with Crippen molar-refractivity contribution in [2.45, 2.75) is 4.90 Å². The Morgan fingerprint density at radius 2 is 1.61 bits per heavy atom. The second-order valence-corrected chi connectivity index (χ2v) is 6.01. The van der Waals surface area contributed by atoms with E-state index in [0.717, 1.165) is 12.3 Å². The zero-order valence-electron chi connectivity index (χ0n) is 9.59. The molecule has 0 fully saturated rings. The number of phenols is 1. The van der Waals surface area contributed by atoms with Crippen LogP contribution in [-0.2, 0) is 9.84 Å². The van der Waals surface area contributed by atoms with Gasteiger partial charge in [0.1, 0.15) is 11.6 Å². The van der Waals surface area contributed by atoms with Crippen molar-refractivity contribution in [2.75, 3.05) is 6.26 Å². The maximum atomic E-state index is 13.1. The molecule has 5 heteroatoms. The number of phenolic OH excluding ortho intramolecular Hbond substituents is 1. The largest absolute Gasteiger partial charge is 0.508 e. The third kappa shape index (κ3) is 2.68. The molecule has 18 heavy (non-hydrogen) atoms. The molecule has 2 aromatic rings. The zero-order chi connectivity index (χ0) is 13.3. The zero-order valence-corrected chi connectivity index (χ0v) is 10.4. The molecule has 0 aliphatic heterocycles. The van der Waals surface area contributed by atoms with Gasteiger partial charge in [0, 0.05) is 12.3 Å².